The molecule has 0 aliphatic rings. The third-order valence-corrected chi connectivity index (χ3v) is 4.11. The predicted octanol–water partition coefficient (Wildman–Crippen LogP) is 3.72. The summed E-state index contributed by atoms with van der Waals surface area (Å²) in [5.74, 6) is -0.341. The number of nitrogens with zero attached hydrogens (tertiary/aromatic N) is 1. The fourth-order valence-corrected chi connectivity index (χ4v) is 2.62. The SMILES string of the molecule is CC(C)(CO)C(NCc1c(F)cccc1Cl)c1cccnc1. The number of aliphatic hydroxyl groups is 1. The molecule has 1 aromatic carbocycles. The first-order valence-corrected chi connectivity index (χ1v) is 7.50. The fourth-order valence-electron chi connectivity index (χ4n) is 2.39. The molecule has 0 radical (unpaired) electrons. The second-order valence-electron chi connectivity index (χ2n) is 5.95. The highest BCUT2D eigenvalue weighted by Gasteiger charge is 2.30. The molecule has 3 nitrogen and oxygen atoms in total. The van der Waals surface area contributed by atoms with Crippen molar-refractivity contribution >= 4 is 11.6 Å². The first kappa shape index (κ1) is 16.9. The van der Waals surface area contributed by atoms with Gasteiger partial charge in [-0.3, -0.25) is 4.98 Å². The van der Waals surface area contributed by atoms with Gasteiger partial charge in [0.15, 0.2) is 0 Å². The minimum atomic E-state index is -0.430. The van der Waals surface area contributed by atoms with Crippen LogP contribution in [0.4, 0.5) is 4.39 Å². The molecule has 0 fully saturated rings. The van der Waals surface area contributed by atoms with Gasteiger partial charge in [-0.25, -0.2) is 4.39 Å². The van der Waals surface area contributed by atoms with Gasteiger partial charge in [0.1, 0.15) is 5.82 Å². The van der Waals surface area contributed by atoms with E-state index in [9.17, 15) is 9.50 Å². The number of pyridine rings is 1. The number of hydrogen-bond donors (Lipinski definition) is 2. The van der Waals surface area contributed by atoms with Crippen molar-refractivity contribution in [3.8, 4) is 0 Å². The lowest BCUT2D eigenvalue weighted by Crippen LogP contribution is -2.36. The molecule has 118 valence electrons. The van der Waals surface area contributed by atoms with E-state index in [1.807, 2.05) is 26.0 Å². The standard InChI is InChI=1S/C17H20ClFN2O/c1-17(2,11-22)16(12-5-4-8-20-9-12)21-10-13-14(18)6-3-7-15(13)19/h3-9,16,21-22H,10-11H2,1-2H3. The topological polar surface area (TPSA) is 45.1 Å². The molecule has 0 aliphatic carbocycles. The smallest absolute Gasteiger partial charge is 0.129 e. The lowest BCUT2D eigenvalue weighted by Gasteiger charge is -2.34. The van der Waals surface area contributed by atoms with Gasteiger partial charge in [-0.1, -0.05) is 37.6 Å². The Morgan fingerprint density at radius 3 is 2.68 bits per heavy atom. The molecule has 2 rings (SSSR count). The average Bonchev–Trinajstić information content (AvgIpc) is 2.51. The first-order chi connectivity index (χ1) is 10.5. The Morgan fingerprint density at radius 2 is 2.09 bits per heavy atom. The predicted molar refractivity (Wildman–Crippen MR) is 86.1 cm³/mol. The lowest BCUT2D eigenvalue weighted by atomic mass is 9.81. The summed E-state index contributed by atoms with van der Waals surface area (Å²) < 4.78 is 13.9. The number of hydrogen-bond acceptors (Lipinski definition) is 3. The second-order valence-corrected chi connectivity index (χ2v) is 6.35. The Labute approximate surface area is 135 Å². The van der Waals surface area contributed by atoms with Crippen molar-refractivity contribution in [3.63, 3.8) is 0 Å². The van der Waals surface area contributed by atoms with Crippen molar-refractivity contribution in [3.05, 3.63) is 64.7 Å². The van der Waals surface area contributed by atoms with Gasteiger partial charge in [-0.05, 0) is 23.8 Å². The van der Waals surface area contributed by atoms with Gasteiger partial charge in [-0.2, -0.15) is 0 Å². The van der Waals surface area contributed by atoms with E-state index >= 15 is 0 Å². The van der Waals surface area contributed by atoms with Crippen molar-refractivity contribution < 1.29 is 9.50 Å². The quantitative estimate of drug-likeness (QED) is 0.852. The Morgan fingerprint density at radius 1 is 1.32 bits per heavy atom. The summed E-state index contributed by atoms with van der Waals surface area (Å²) in [5.41, 5.74) is 0.932. The van der Waals surface area contributed by atoms with Crippen LogP contribution in [0.3, 0.4) is 0 Å². The van der Waals surface area contributed by atoms with Crippen molar-refractivity contribution in [1.82, 2.24) is 10.3 Å². The molecule has 0 saturated carbocycles. The third-order valence-electron chi connectivity index (χ3n) is 3.75. The van der Waals surface area contributed by atoms with Crippen LogP contribution < -0.4 is 5.32 Å². The van der Waals surface area contributed by atoms with Gasteiger partial charge in [0, 0.05) is 47.6 Å². The molecular weight excluding hydrogens is 303 g/mol. The Bertz CT molecular complexity index is 599. The van der Waals surface area contributed by atoms with Crippen LogP contribution in [0.5, 0.6) is 0 Å². The summed E-state index contributed by atoms with van der Waals surface area (Å²) in [7, 11) is 0. The van der Waals surface area contributed by atoms with Gasteiger partial charge in [0.25, 0.3) is 0 Å². The van der Waals surface area contributed by atoms with Crippen LogP contribution in [-0.4, -0.2) is 16.7 Å². The maximum absolute atomic E-state index is 13.9. The molecule has 2 aromatic rings. The van der Waals surface area contributed by atoms with E-state index in [-0.39, 0.29) is 25.0 Å². The fraction of sp³-hybridized carbons (Fsp3) is 0.353. The third kappa shape index (κ3) is 3.83. The highest BCUT2D eigenvalue weighted by atomic mass is 35.5. The number of nitrogens with one attached hydrogen (secondary N) is 1. The molecule has 0 aliphatic heterocycles. The molecule has 1 aromatic heterocycles. The Kier molecular flexibility index (Phi) is 5.51. The number of halogens is 2. The van der Waals surface area contributed by atoms with Gasteiger partial charge >= 0.3 is 0 Å². The molecule has 1 unspecified atom stereocenters. The van der Waals surface area contributed by atoms with E-state index in [1.54, 1.807) is 24.5 Å². The Hall–Kier alpha value is -1.49. The maximum atomic E-state index is 13.9. The average molecular weight is 323 g/mol. The minimum absolute atomic E-state index is 0.00936. The molecule has 0 spiro atoms. The minimum Gasteiger partial charge on any atom is -0.396 e. The lowest BCUT2D eigenvalue weighted by molar-refractivity contribution is 0.114. The summed E-state index contributed by atoms with van der Waals surface area (Å²) in [6, 6.07) is 8.23. The van der Waals surface area contributed by atoms with E-state index in [2.05, 4.69) is 10.3 Å². The second kappa shape index (κ2) is 7.18. The van der Waals surface area contributed by atoms with Crippen molar-refractivity contribution in [2.24, 2.45) is 5.41 Å². The summed E-state index contributed by atoms with van der Waals surface area (Å²) in [5, 5.41) is 13.4. The van der Waals surface area contributed by atoms with Crippen LogP contribution in [0.2, 0.25) is 5.02 Å². The van der Waals surface area contributed by atoms with Crippen LogP contribution in [0.15, 0.2) is 42.7 Å². The normalized spacial score (nSPS) is 13.1. The number of aliphatic hydroxyl groups excluding tert-OH is 1. The largest absolute Gasteiger partial charge is 0.396 e. The zero-order chi connectivity index (χ0) is 16.2. The summed E-state index contributed by atoms with van der Waals surface area (Å²) in [6.45, 7) is 4.15. The van der Waals surface area contributed by atoms with E-state index in [1.165, 1.54) is 6.07 Å². The van der Waals surface area contributed by atoms with Gasteiger partial charge < -0.3 is 10.4 Å². The van der Waals surface area contributed by atoms with Crippen LogP contribution >= 0.6 is 11.6 Å². The van der Waals surface area contributed by atoms with E-state index in [4.69, 9.17) is 11.6 Å². The first-order valence-electron chi connectivity index (χ1n) is 7.13. The molecule has 0 bridgehead atoms. The van der Waals surface area contributed by atoms with E-state index in [0.717, 1.165) is 5.56 Å². The van der Waals surface area contributed by atoms with Crippen molar-refractivity contribution in [2.75, 3.05) is 6.61 Å². The molecular formula is C17H20ClFN2O. The maximum Gasteiger partial charge on any atom is 0.129 e. The molecule has 5 heteroatoms. The monoisotopic (exact) mass is 322 g/mol. The highest BCUT2D eigenvalue weighted by molar-refractivity contribution is 6.31. The van der Waals surface area contributed by atoms with E-state index in [0.29, 0.717) is 10.6 Å². The zero-order valence-electron chi connectivity index (χ0n) is 12.7. The highest BCUT2D eigenvalue weighted by Crippen LogP contribution is 2.33. The zero-order valence-corrected chi connectivity index (χ0v) is 13.4. The van der Waals surface area contributed by atoms with Gasteiger partial charge in [0.05, 0.1) is 0 Å². The summed E-state index contributed by atoms with van der Waals surface area (Å²) in [4.78, 5) is 4.12. The van der Waals surface area contributed by atoms with Crippen LogP contribution in [0.1, 0.15) is 31.0 Å². The van der Waals surface area contributed by atoms with Gasteiger partial charge in [-0.15, -0.1) is 0 Å². The van der Waals surface area contributed by atoms with Crippen LogP contribution in [0.25, 0.3) is 0 Å². The number of benzene rings is 1. The van der Waals surface area contributed by atoms with E-state index < -0.39 is 5.41 Å². The molecule has 2 N–H and O–H groups in total. The molecule has 1 atom stereocenters. The van der Waals surface area contributed by atoms with Crippen LogP contribution in [0, 0.1) is 11.2 Å². The molecule has 0 amide bonds. The Balaban J connectivity index is 2.25. The van der Waals surface area contributed by atoms with Gasteiger partial charge in [0.2, 0.25) is 0 Å². The summed E-state index contributed by atoms with van der Waals surface area (Å²) in [6.07, 6.45) is 3.44. The molecule has 0 saturated heterocycles. The molecule has 1 heterocycles. The summed E-state index contributed by atoms with van der Waals surface area (Å²) >= 11 is 6.07. The molecule has 22 heavy (non-hydrogen) atoms. The van der Waals surface area contributed by atoms with Crippen molar-refractivity contribution in [1.29, 1.82) is 0 Å². The number of rotatable bonds is 6. The number of aromatic nitrogens is 1. The van der Waals surface area contributed by atoms with Crippen molar-refractivity contribution in [2.45, 2.75) is 26.4 Å². The van der Waals surface area contributed by atoms with Crippen LogP contribution in [-0.2, 0) is 6.54 Å².